The summed E-state index contributed by atoms with van der Waals surface area (Å²) in [5, 5.41) is 15.4. The van der Waals surface area contributed by atoms with Gasteiger partial charge in [-0.05, 0) is 18.2 Å². The van der Waals surface area contributed by atoms with Crippen molar-refractivity contribution in [1.82, 2.24) is 10.1 Å². The maximum absolute atomic E-state index is 8.73. The Morgan fingerprint density at radius 2 is 2.38 bits per heavy atom. The summed E-state index contributed by atoms with van der Waals surface area (Å²) < 4.78 is 4.86. The molecule has 0 saturated heterocycles. The van der Waals surface area contributed by atoms with Crippen LogP contribution in [0.3, 0.4) is 0 Å². The van der Waals surface area contributed by atoms with Crippen LogP contribution >= 0.6 is 0 Å². The van der Waals surface area contributed by atoms with Crippen molar-refractivity contribution in [3.8, 4) is 6.07 Å². The Balaban J connectivity index is 1.88. The first kappa shape index (κ1) is 10.2. The van der Waals surface area contributed by atoms with Crippen LogP contribution in [0.2, 0.25) is 0 Å². The van der Waals surface area contributed by atoms with Crippen LogP contribution in [0.25, 0.3) is 0 Å². The molecule has 1 aromatic heterocycles. The molecule has 0 spiro atoms. The van der Waals surface area contributed by atoms with E-state index in [2.05, 4.69) is 21.5 Å². The molecule has 5 nitrogen and oxygen atoms in total. The van der Waals surface area contributed by atoms with Gasteiger partial charge in [-0.25, -0.2) is 0 Å². The Hall–Kier alpha value is -2.35. The number of anilines is 1. The predicted molar refractivity (Wildman–Crippen MR) is 57.6 cm³/mol. The highest BCUT2D eigenvalue weighted by atomic mass is 16.5. The minimum atomic E-state index is 0.601. The molecular formula is C11H10N4O. The minimum Gasteiger partial charge on any atom is -0.384 e. The Morgan fingerprint density at radius 1 is 1.44 bits per heavy atom. The number of nitrogens with one attached hydrogen (secondary N) is 1. The summed E-state index contributed by atoms with van der Waals surface area (Å²) in [5.41, 5.74) is 1.56. The maximum Gasteiger partial charge on any atom is 0.228 e. The van der Waals surface area contributed by atoms with Crippen LogP contribution in [0.15, 0.2) is 35.1 Å². The van der Waals surface area contributed by atoms with Gasteiger partial charge in [0.15, 0.2) is 6.33 Å². The van der Waals surface area contributed by atoms with Crippen molar-refractivity contribution in [2.24, 2.45) is 0 Å². The molecule has 0 aliphatic heterocycles. The van der Waals surface area contributed by atoms with Gasteiger partial charge in [0.1, 0.15) is 0 Å². The fourth-order valence-corrected chi connectivity index (χ4v) is 1.32. The van der Waals surface area contributed by atoms with Gasteiger partial charge in [0, 0.05) is 18.7 Å². The highest BCUT2D eigenvalue weighted by Crippen LogP contribution is 2.09. The smallest absolute Gasteiger partial charge is 0.228 e. The summed E-state index contributed by atoms with van der Waals surface area (Å²) in [5.74, 6) is 0.601. The third-order valence-electron chi connectivity index (χ3n) is 2.07. The third-order valence-corrected chi connectivity index (χ3v) is 2.07. The molecule has 1 aromatic carbocycles. The number of hydrogen-bond acceptors (Lipinski definition) is 5. The summed E-state index contributed by atoms with van der Waals surface area (Å²) in [6.45, 7) is 0.692. The largest absolute Gasteiger partial charge is 0.384 e. The second-order valence-electron chi connectivity index (χ2n) is 3.20. The van der Waals surface area contributed by atoms with Crippen molar-refractivity contribution in [2.75, 3.05) is 11.9 Å². The number of aromatic nitrogens is 2. The number of nitriles is 1. The van der Waals surface area contributed by atoms with E-state index in [0.717, 1.165) is 5.69 Å². The molecule has 1 heterocycles. The number of rotatable bonds is 4. The Labute approximate surface area is 92.7 Å². The van der Waals surface area contributed by atoms with Gasteiger partial charge in [-0.1, -0.05) is 11.2 Å². The normalized spacial score (nSPS) is 9.69. The Morgan fingerprint density at radius 3 is 3.12 bits per heavy atom. The standard InChI is InChI=1S/C11H10N4O/c12-7-9-2-1-3-10(6-9)13-5-4-11-14-8-15-16-11/h1-3,6,8,13H,4-5H2. The maximum atomic E-state index is 8.73. The summed E-state index contributed by atoms with van der Waals surface area (Å²) in [4.78, 5) is 3.91. The van der Waals surface area contributed by atoms with E-state index in [1.165, 1.54) is 6.33 Å². The third kappa shape index (κ3) is 2.58. The molecule has 0 bridgehead atoms. The molecule has 80 valence electrons. The van der Waals surface area contributed by atoms with Gasteiger partial charge in [-0.3, -0.25) is 0 Å². The zero-order valence-electron chi connectivity index (χ0n) is 8.55. The molecule has 1 N–H and O–H groups in total. The minimum absolute atomic E-state index is 0.601. The summed E-state index contributed by atoms with van der Waals surface area (Å²) in [6, 6.07) is 9.41. The van der Waals surface area contributed by atoms with Crippen molar-refractivity contribution in [2.45, 2.75) is 6.42 Å². The second-order valence-corrected chi connectivity index (χ2v) is 3.20. The summed E-state index contributed by atoms with van der Waals surface area (Å²) in [7, 11) is 0. The second kappa shape index (κ2) is 4.94. The lowest BCUT2D eigenvalue weighted by Gasteiger charge is -2.04. The SMILES string of the molecule is N#Cc1cccc(NCCc2ncno2)c1. The van der Waals surface area contributed by atoms with Gasteiger partial charge in [-0.2, -0.15) is 10.2 Å². The molecule has 0 aliphatic carbocycles. The van der Waals surface area contributed by atoms with E-state index >= 15 is 0 Å². The van der Waals surface area contributed by atoms with E-state index in [9.17, 15) is 0 Å². The van der Waals surface area contributed by atoms with Crippen LogP contribution in [0.5, 0.6) is 0 Å². The van der Waals surface area contributed by atoms with Gasteiger partial charge < -0.3 is 9.84 Å². The topological polar surface area (TPSA) is 74.7 Å². The predicted octanol–water partition coefficient (Wildman–Crippen LogP) is 1.60. The van der Waals surface area contributed by atoms with Crippen molar-refractivity contribution >= 4 is 5.69 Å². The van der Waals surface area contributed by atoms with Gasteiger partial charge >= 0.3 is 0 Å². The van der Waals surface area contributed by atoms with Crippen LogP contribution in [-0.2, 0) is 6.42 Å². The van der Waals surface area contributed by atoms with Crippen molar-refractivity contribution in [1.29, 1.82) is 5.26 Å². The highest BCUT2D eigenvalue weighted by molar-refractivity contribution is 5.49. The van der Waals surface area contributed by atoms with Crippen molar-refractivity contribution < 1.29 is 4.52 Å². The zero-order valence-corrected chi connectivity index (χ0v) is 8.55. The molecule has 0 saturated carbocycles. The molecule has 0 unspecified atom stereocenters. The zero-order chi connectivity index (χ0) is 11.2. The molecule has 0 atom stereocenters. The monoisotopic (exact) mass is 214 g/mol. The van der Waals surface area contributed by atoms with Crippen LogP contribution in [0.1, 0.15) is 11.5 Å². The van der Waals surface area contributed by atoms with Crippen LogP contribution in [-0.4, -0.2) is 16.7 Å². The fourth-order valence-electron chi connectivity index (χ4n) is 1.32. The molecule has 2 aromatic rings. The number of hydrogen-bond donors (Lipinski definition) is 1. The van der Waals surface area contributed by atoms with Crippen molar-refractivity contribution in [3.63, 3.8) is 0 Å². The van der Waals surface area contributed by atoms with Crippen LogP contribution < -0.4 is 5.32 Å². The van der Waals surface area contributed by atoms with Crippen LogP contribution in [0, 0.1) is 11.3 Å². The summed E-state index contributed by atoms with van der Waals surface area (Å²) >= 11 is 0. The average Bonchev–Trinajstić information content (AvgIpc) is 2.82. The van der Waals surface area contributed by atoms with E-state index in [1.807, 2.05) is 12.1 Å². The first-order chi connectivity index (χ1) is 7.88. The molecular weight excluding hydrogens is 204 g/mol. The van der Waals surface area contributed by atoms with E-state index in [0.29, 0.717) is 24.4 Å². The average molecular weight is 214 g/mol. The molecule has 0 fully saturated rings. The van der Waals surface area contributed by atoms with E-state index in [4.69, 9.17) is 9.78 Å². The quantitative estimate of drug-likeness (QED) is 0.836. The first-order valence-electron chi connectivity index (χ1n) is 4.88. The lowest BCUT2D eigenvalue weighted by Crippen LogP contribution is -2.04. The lowest BCUT2D eigenvalue weighted by molar-refractivity contribution is 0.380. The van der Waals surface area contributed by atoms with Gasteiger partial charge in [0.25, 0.3) is 0 Å². The Bertz CT molecular complexity index is 487. The van der Waals surface area contributed by atoms with E-state index in [1.54, 1.807) is 12.1 Å². The van der Waals surface area contributed by atoms with Crippen LogP contribution in [0.4, 0.5) is 5.69 Å². The molecule has 0 amide bonds. The van der Waals surface area contributed by atoms with E-state index < -0.39 is 0 Å². The first-order valence-corrected chi connectivity index (χ1v) is 4.88. The molecule has 5 heteroatoms. The lowest BCUT2D eigenvalue weighted by atomic mass is 10.2. The number of benzene rings is 1. The van der Waals surface area contributed by atoms with Crippen molar-refractivity contribution in [3.05, 3.63) is 42.0 Å². The Kier molecular flexibility index (Phi) is 3.14. The highest BCUT2D eigenvalue weighted by Gasteiger charge is 1.99. The molecule has 0 aliphatic rings. The van der Waals surface area contributed by atoms with Gasteiger partial charge in [0.2, 0.25) is 5.89 Å². The molecule has 16 heavy (non-hydrogen) atoms. The van der Waals surface area contributed by atoms with E-state index in [-0.39, 0.29) is 0 Å². The molecule has 2 rings (SSSR count). The van der Waals surface area contributed by atoms with Gasteiger partial charge in [-0.15, -0.1) is 0 Å². The van der Waals surface area contributed by atoms with Gasteiger partial charge in [0.05, 0.1) is 11.6 Å². The fraction of sp³-hybridized carbons (Fsp3) is 0.182. The number of nitrogens with zero attached hydrogens (tertiary/aromatic N) is 3. The summed E-state index contributed by atoms with van der Waals surface area (Å²) in [6.07, 6.45) is 2.04. The molecule has 0 radical (unpaired) electrons.